The Morgan fingerprint density at radius 1 is 0.905 bits per heavy atom. The van der Waals surface area contributed by atoms with E-state index in [-0.39, 0.29) is 11.9 Å². The van der Waals surface area contributed by atoms with E-state index in [9.17, 15) is 26.4 Å². The number of halogens is 3. The van der Waals surface area contributed by atoms with Crippen LogP contribution < -0.4 is 5.73 Å². The number of aliphatic carboxylic acids is 1. The van der Waals surface area contributed by atoms with Crippen LogP contribution in [-0.4, -0.2) is 66.9 Å². The van der Waals surface area contributed by atoms with E-state index in [1.807, 2.05) is 66.7 Å². The highest BCUT2D eigenvalue weighted by atomic mass is 32.2. The largest absolute Gasteiger partial charge is 0.490 e. The number of rotatable bonds is 5. The van der Waals surface area contributed by atoms with Crippen molar-refractivity contribution in [3.05, 3.63) is 90.0 Å². The number of benzene rings is 3. The molecule has 1 amide bonds. The molecule has 1 unspecified atom stereocenters. The van der Waals surface area contributed by atoms with Gasteiger partial charge < -0.3 is 10.8 Å². The summed E-state index contributed by atoms with van der Waals surface area (Å²) in [6.45, 7) is 1.14. The highest BCUT2D eigenvalue weighted by molar-refractivity contribution is 7.89. The minimum Gasteiger partial charge on any atom is -0.475 e. The van der Waals surface area contributed by atoms with Gasteiger partial charge in [0.2, 0.25) is 10.0 Å². The summed E-state index contributed by atoms with van der Waals surface area (Å²) in [6, 6.07) is 23.9. The lowest BCUT2D eigenvalue weighted by atomic mass is 9.82. The predicted molar refractivity (Wildman–Crippen MR) is 150 cm³/mol. The van der Waals surface area contributed by atoms with Crippen LogP contribution in [0.1, 0.15) is 30.4 Å². The molecule has 0 spiro atoms. The first kappa shape index (κ1) is 30.7. The van der Waals surface area contributed by atoms with Crippen molar-refractivity contribution < 1.29 is 36.3 Å². The van der Waals surface area contributed by atoms with Gasteiger partial charge in [0.1, 0.15) is 0 Å². The van der Waals surface area contributed by atoms with Crippen LogP contribution in [0.2, 0.25) is 0 Å². The lowest BCUT2D eigenvalue weighted by Gasteiger charge is -2.26. The van der Waals surface area contributed by atoms with Gasteiger partial charge in [-0.15, -0.1) is 0 Å². The first-order valence-electron chi connectivity index (χ1n) is 13.0. The minimum absolute atomic E-state index is 0.163. The average molecular weight is 603 g/mol. The van der Waals surface area contributed by atoms with Gasteiger partial charge in [-0.05, 0) is 53.3 Å². The Balaban J connectivity index is 0.000000517. The number of nitrogens with two attached hydrogens (primary N) is 1. The van der Waals surface area contributed by atoms with E-state index in [1.54, 1.807) is 23.5 Å². The molecule has 222 valence electrons. The molecule has 1 atom stereocenters. The van der Waals surface area contributed by atoms with Crippen LogP contribution >= 0.6 is 0 Å². The third-order valence-corrected chi connectivity index (χ3v) is 9.01. The Morgan fingerprint density at radius 2 is 1.48 bits per heavy atom. The molecular weight excluding hydrogens is 573 g/mol. The Bertz CT molecular complexity index is 1590. The second-order valence-electron chi connectivity index (χ2n) is 9.78. The van der Waals surface area contributed by atoms with Crippen LogP contribution in [0.3, 0.4) is 0 Å². The first-order chi connectivity index (χ1) is 19.8. The van der Waals surface area contributed by atoms with Crippen molar-refractivity contribution in [2.45, 2.75) is 35.9 Å². The maximum atomic E-state index is 13.5. The number of sulfonamides is 1. The molecule has 3 N–H and O–H groups in total. The molecule has 0 radical (unpaired) electrons. The van der Waals surface area contributed by atoms with Crippen LogP contribution in [0, 0.1) is 0 Å². The molecule has 13 heteroatoms. The highest BCUT2D eigenvalue weighted by Gasteiger charge is 2.49. The van der Waals surface area contributed by atoms with E-state index >= 15 is 0 Å². The SMILES string of the molecule is CN1C(=O)C(c2ccccc2)(c2cccc(-c3ccc(S(=O)(=O)N4CCCCC4)cc3)c2)N=C1N.O=C(O)C(F)(F)F. The number of carbonyl (C=O) groups is 2. The monoisotopic (exact) mass is 602 g/mol. The zero-order chi connectivity index (χ0) is 30.7. The number of amides is 1. The zero-order valence-corrected chi connectivity index (χ0v) is 23.4. The first-order valence-corrected chi connectivity index (χ1v) is 14.4. The summed E-state index contributed by atoms with van der Waals surface area (Å²) >= 11 is 0. The average Bonchev–Trinajstić information content (AvgIpc) is 3.22. The standard InChI is InChI=1S/C27H28N4O3S.C2HF3O2/c1-30-25(32)27(29-26(30)28,22-10-4-2-5-11-22)23-12-8-9-21(19-23)20-13-15-24(16-14-20)35(33,34)31-17-6-3-7-18-31;3-2(4,5)1(6)7/h2,4-5,8-16,19H,3,6-7,17-18H2,1H3,(H2,28,29);(H,6,7). The molecule has 0 aliphatic carbocycles. The number of likely N-dealkylation sites (N-methyl/N-ethyl adjacent to an activating group) is 1. The number of carbonyl (C=O) groups excluding carboxylic acids is 1. The van der Waals surface area contributed by atoms with Gasteiger partial charge in [0.05, 0.1) is 4.90 Å². The zero-order valence-electron chi connectivity index (χ0n) is 22.6. The van der Waals surface area contributed by atoms with E-state index < -0.39 is 27.7 Å². The summed E-state index contributed by atoms with van der Waals surface area (Å²) in [5.74, 6) is -2.81. The van der Waals surface area contributed by atoms with Crippen molar-refractivity contribution in [2.75, 3.05) is 20.1 Å². The number of guanidine groups is 1. The van der Waals surface area contributed by atoms with Crippen LogP contribution in [0.4, 0.5) is 13.2 Å². The number of nitrogens with zero attached hydrogens (tertiary/aromatic N) is 3. The van der Waals surface area contributed by atoms with Crippen molar-refractivity contribution in [1.29, 1.82) is 0 Å². The summed E-state index contributed by atoms with van der Waals surface area (Å²) in [6.07, 6.45) is -2.22. The van der Waals surface area contributed by atoms with Crippen molar-refractivity contribution >= 4 is 27.9 Å². The van der Waals surface area contributed by atoms with E-state index in [1.165, 1.54) is 4.90 Å². The third-order valence-electron chi connectivity index (χ3n) is 7.09. The van der Waals surface area contributed by atoms with Crippen molar-refractivity contribution in [2.24, 2.45) is 10.7 Å². The number of alkyl halides is 3. The fourth-order valence-corrected chi connectivity index (χ4v) is 6.38. The van der Waals surface area contributed by atoms with Crippen LogP contribution in [0.25, 0.3) is 11.1 Å². The summed E-state index contributed by atoms with van der Waals surface area (Å²) in [4.78, 5) is 28.7. The number of hydrogen-bond acceptors (Lipinski definition) is 6. The van der Waals surface area contributed by atoms with Gasteiger partial charge >= 0.3 is 12.1 Å². The Hall–Kier alpha value is -4.23. The van der Waals surface area contributed by atoms with E-state index in [0.29, 0.717) is 23.5 Å². The lowest BCUT2D eigenvalue weighted by Crippen LogP contribution is -2.41. The number of hydrogen-bond donors (Lipinski definition) is 2. The molecule has 3 aromatic rings. The van der Waals surface area contributed by atoms with E-state index in [0.717, 1.165) is 36.0 Å². The van der Waals surface area contributed by atoms with Gasteiger partial charge in [-0.3, -0.25) is 9.69 Å². The summed E-state index contributed by atoms with van der Waals surface area (Å²) in [5.41, 5.74) is 7.95. The molecule has 0 bridgehead atoms. The molecule has 2 aliphatic heterocycles. The number of carboxylic acids is 1. The molecule has 0 saturated carbocycles. The topological polar surface area (TPSA) is 133 Å². The molecule has 5 rings (SSSR count). The quantitative estimate of drug-likeness (QED) is 0.450. The summed E-state index contributed by atoms with van der Waals surface area (Å²) < 4.78 is 59.3. The molecule has 1 fully saturated rings. The van der Waals surface area contributed by atoms with Crippen LogP contribution in [-0.2, 0) is 25.2 Å². The molecule has 2 heterocycles. The Labute approximate surface area is 241 Å². The smallest absolute Gasteiger partial charge is 0.475 e. The van der Waals surface area contributed by atoms with E-state index in [2.05, 4.69) is 4.99 Å². The number of aliphatic imine (C=N–C) groups is 1. The van der Waals surface area contributed by atoms with Crippen molar-refractivity contribution in [3.8, 4) is 11.1 Å². The highest BCUT2D eigenvalue weighted by Crippen LogP contribution is 2.40. The van der Waals surface area contributed by atoms with Gasteiger partial charge in [0.25, 0.3) is 5.91 Å². The maximum Gasteiger partial charge on any atom is 0.490 e. The molecule has 9 nitrogen and oxygen atoms in total. The summed E-state index contributed by atoms with van der Waals surface area (Å²) in [7, 11) is -1.87. The van der Waals surface area contributed by atoms with Crippen molar-refractivity contribution in [3.63, 3.8) is 0 Å². The van der Waals surface area contributed by atoms with Crippen LogP contribution in [0.5, 0.6) is 0 Å². The predicted octanol–water partition coefficient (Wildman–Crippen LogP) is 4.19. The van der Waals surface area contributed by atoms with E-state index in [4.69, 9.17) is 15.6 Å². The minimum atomic E-state index is -5.08. The summed E-state index contributed by atoms with van der Waals surface area (Å²) in [5, 5.41) is 7.12. The maximum absolute atomic E-state index is 13.5. The second kappa shape index (κ2) is 11.9. The molecule has 2 aliphatic rings. The third kappa shape index (κ3) is 6.02. The Kier molecular flexibility index (Phi) is 8.73. The van der Waals surface area contributed by atoms with Crippen molar-refractivity contribution in [1.82, 2.24) is 9.21 Å². The number of carboxylic acid groups (broad SMARTS) is 1. The van der Waals surface area contributed by atoms with Gasteiger partial charge in [0.15, 0.2) is 11.5 Å². The van der Waals surface area contributed by atoms with Crippen LogP contribution in [0.15, 0.2) is 88.8 Å². The molecule has 42 heavy (non-hydrogen) atoms. The Morgan fingerprint density at radius 3 is 2.00 bits per heavy atom. The lowest BCUT2D eigenvalue weighted by molar-refractivity contribution is -0.192. The van der Waals surface area contributed by atoms with Gasteiger partial charge in [0, 0.05) is 20.1 Å². The molecule has 3 aromatic carbocycles. The normalized spacial score (nSPS) is 19.6. The van der Waals surface area contributed by atoms with Gasteiger partial charge in [-0.25, -0.2) is 18.2 Å². The number of piperidine rings is 1. The molecule has 1 saturated heterocycles. The second-order valence-corrected chi connectivity index (χ2v) is 11.7. The van der Waals surface area contributed by atoms with Gasteiger partial charge in [-0.2, -0.15) is 17.5 Å². The molecule has 0 aromatic heterocycles. The fraction of sp³-hybridized carbons (Fsp3) is 0.276. The fourth-order valence-electron chi connectivity index (χ4n) is 4.86. The van der Waals surface area contributed by atoms with Gasteiger partial charge in [-0.1, -0.05) is 67.1 Å². The molecular formula is C29H29F3N4O5S.